The Kier molecular flexibility index (Phi) is 5.05. The highest BCUT2D eigenvalue weighted by Crippen LogP contribution is 2.23. The van der Waals surface area contributed by atoms with Crippen LogP contribution in [0.25, 0.3) is 0 Å². The van der Waals surface area contributed by atoms with Crippen molar-refractivity contribution < 1.29 is 4.79 Å². The molecule has 1 saturated heterocycles. The number of nitrogens with one attached hydrogen (secondary N) is 2. The lowest BCUT2D eigenvalue weighted by Crippen LogP contribution is -2.44. The van der Waals surface area contributed by atoms with Crippen molar-refractivity contribution in [3.8, 4) is 0 Å². The van der Waals surface area contributed by atoms with Crippen molar-refractivity contribution in [1.82, 2.24) is 10.2 Å². The highest BCUT2D eigenvalue weighted by Gasteiger charge is 2.18. The normalized spacial score (nSPS) is 16.7. The van der Waals surface area contributed by atoms with Gasteiger partial charge in [-0.25, -0.2) is 0 Å². The molecule has 0 spiro atoms. The van der Waals surface area contributed by atoms with Crippen LogP contribution in [0, 0.1) is 0 Å². The van der Waals surface area contributed by atoms with Gasteiger partial charge >= 0.3 is 0 Å². The third kappa shape index (κ3) is 3.97. The first-order valence-corrected chi connectivity index (χ1v) is 8.15. The topological polar surface area (TPSA) is 44.4 Å². The zero-order valence-electron chi connectivity index (χ0n) is 13.5. The highest BCUT2D eigenvalue weighted by molar-refractivity contribution is 6.04. The molecule has 2 aromatic rings. The van der Waals surface area contributed by atoms with Crippen LogP contribution >= 0.6 is 0 Å². The number of nitrogens with zero attached hydrogens (tertiary/aromatic N) is 1. The Labute approximate surface area is 137 Å². The van der Waals surface area contributed by atoms with Crippen LogP contribution in [0.3, 0.4) is 0 Å². The molecule has 3 rings (SSSR count). The maximum atomic E-state index is 12.3. The van der Waals surface area contributed by atoms with Gasteiger partial charge in [-0.05, 0) is 36.8 Å². The van der Waals surface area contributed by atoms with Crippen molar-refractivity contribution in [2.24, 2.45) is 0 Å². The van der Waals surface area contributed by atoms with E-state index in [-0.39, 0.29) is 5.91 Å². The van der Waals surface area contributed by atoms with E-state index in [1.54, 1.807) is 0 Å². The number of rotatable bonds is 4. The van der Waals surface area contributed by atoms with Gasteiger partial charge in [0.15, 0.2) is 0 Å². The van der Waals surface area contributed by atoms with E-state index in [0.717, 1.165) is 31.9 Å². The fraction of sp³-hybridized carbons (Fsp3) is 0.316. The Morgan fingerprint density at radius 2 is 1.83 bits per heavy atom. The summed E-state index contributed by atoms with van der Waals surface area (Å²) in [5, 5.41) is 6.36. The average molecular weight is 309 g/mol. The number of benzene rings is 2. The summed E-state index contributed by atoms with van der Waals surface area (Å²) in [7, 11) is 0. The van der Waals surface area contributed by atoms with Crippen LogP contribution in [0.15, 0.2) is 54.6 Å². The molecule has 0 radical (unpaired) electrons. The van der Waals surface area contributed by atoms with E-state index >= 15 is 0 Å². The van der Waals surface area contributed by atoms with Crippen LogP contribution in [0.4, 0.5) is 5.69 Å². The molecule has 4 nitrogen and oxygen atoms in total. The smallest absolute Gasteiger partial charge is 0.255 e. The first-order valence-electron chi connectivity index (χ1n) is 8.15. The maximum Gasteiger partial charge on any atom is 0.255 e. The van der Waals surface area contributed by atoms with Crippen LogP contribution < -0.4 is 10.6 Å². The van der Waals surface area contributed by atoms with E-state index in [4.69, 9.17) is 0 Å². The third-order valence-corrected chi connectivity index (χ3v) is 4.36. The first kappa shape index (κ1) is 15.7. The number of hydrogen-bond donors (Lipinski definition) is 2. The van der Waals surface area contributed by atoms with Gasteiger partial charge in [0.1, 0.15) is 0 Å². The van der Waals surface area contributed by atoms with Crippen LogP contribution in [-0.4, -0.2) is 37.0 Å². The molecule has 0 bridgehead atoms. The van der Waals surface area contributed by atoms with Gasteiger partial charge in [-0.15, -0.1) is 0 Å². The second-order valence-electron chi connectivity index (χ2n) is 5.91. The van der Waals surface area contributed by atoms with Crippen molar-refractivity contribution in [2.75, 3.05) is 31.5 Å². The molecule has 0 aromatic heterocycles. The molecule has 2 aromatic carbocycles. The summed E-state index contributed by atoms with van der Waals surface area (Å²) in [4.78, 5) is 14.7. The van der Waals surface area contributed by atoms with Crippen LogP contribution in [0.2, 0.25) is 0 Å². The van der Waals surface area contributed by atoms with Crippen molar-refractivity contribution in [2.45, 2.75) is 13.0 Å². The van der Waals surface area contributed by atoms with Crippen LogP contribution in [0.5, 0.6) is 0 Å². The Morgan fingerprint density at radius 1 is 1.09 bits per heavy atom. The standard InChI is InChI=1S/C19H23N3O/c1-15(22-12-10-20-11-13-22)17-8-5-9-18(14-17)21-19(23)16-6-3-2-4-7-16/h2-9,14-15,20H,10-13H2,1H3,(H,21,23). The lowest BCUT2D eigenvalue weighted by molar-refractivity contribution is 0.102. The van der Waals surface area contributed by atoms with Gasteiger partial charge in [0.25, 0.3) is 5.91 Å². The molecular weight excluding hydrogens is 286 g/mol. The minimum absolute atomic E-state index is 0.0717. The van der Waals surface area contributed by atoms with Gasteiger partial charge in [0.05, 0.1) is 0 Å². The summed E-state index contributed by atoms with van der Waals surface area (Å²) in [6.07, 6.45) is 0. The zero-order chi connectivity index (χ0) is 16.1. The highest BCUT2D eigenvalue weighted by atomic mass is 16.1. The molecule has 0 aliphatic carbocycles. The summed E-state index contributed by atoms with van der Waals surface area (Å²) in [6.45, 7) is 6.41. The average Bonchev–Trinajstić information content (AvgIpc) is 2.63. The van der Waals surface area contributed by atoms with Gasteiger partial charge in [-0.2, -0.15) is 0 Å². The van der Waals surface area contributed by atoms with Crippen molar-refractivity contribution >= 4 is 11.6 Å². The molecule has 120 valence electrons. The van der Waals surface area contributed by atoms with E-state index in [9.17, 15) is 4.79 Å². The maximum absolute atomic E-state index is 12.3. The fourth-order valence-corrected chi connectivity index (χ4v) is 2.95. The summed E-state index contributed by atoms with van der Waals surface area (Å²) in [6, 6.07) is 17.8. The third-order valence-electron chi connectivity index (χ3n) is 4.36. The van der Waals surface area contributed by atoms with Crippen molar-refractivity contribution in [1.29, 1.82) is 0 Å². The molecule has 1 unspecified atom stereocenters. The van der Waals surface area contributed by atoms with E-state index in [1.807, 2.05) is 42.5 Å². The monoisotopic (exact) mass is 309 g/mol. The van der Waals surface area contributed by atoms with Gasteiger partial charge in [0, 0.05) is 43.5 Å². The Balaban J connectivity index is 1.71. The second kappa shape index (κ2) is 7.40. The van der Waals surface area contributed by atoms with Gasteiger partial charge in [-0.3, -0.25) is 9.69 Å². The minimum Gasteiger partial charge on any atom is -0.322 e. The van der Waals surface area contributed by atoms with E-state index in [2.05, 4.69) is 34.6 Å². The van der Waals surface area contributed by atoms with Gasteiger partial charge < -0.3 is 10.6 Å². The molecular formula is C19H23N3O. The molecule has 1 fully saturated rings. The molecule has 1 aliphatic heterocycles. The number of piperazine rings is 1. The Hall–Kier alpha value is -2.17. The van der Waals surface area contributed by atoms with Crippen molar-refractivity contribution in [3.05, 3.63) is 65.7 Å². The molecule has 1 atom stereocenters. The van der Waals surface area contributed by atoms with Crippen LogP contribution in [0.1, 0.15) is 28.9 Å². The molecule has 0 saturated carbocycles. The number of amides is 1. The Morgan fingerprint density at radius 3 is 2.57 bits per heavy atom. The molecule has 23 heavy (non-hydrogen) atoms. The summed E-state index contributed by atoms with van der Waals surface area (Å²) >= 11 is 0. The van der Waals surface area contributed by atoms with E-state index in [1.165, 1.54) is 5.56 Å². The van der Waals surface area contributed by atoms with Gasteiger partial charge in [0.2, 0.25) is 0 Å². The molecule has 4 heteroatoms. The summed E-state index contributed by atoms with van der Waals surface area (Å²) in [5.74, 6) is -0.0717. The fourth-order valence-electron chi connectivity index (χ4n) is 2.95. The first-order chi connectivity index (χ1) is 11.2. The zero-order valence-corrected chi connectivity index (χ0v) is 13.5. The molecule has 1 amide bonds. The predicted octanol–water partition coefficient (Wildman–Crippen LogP) is 2.91. The SMILES string of the molecule is CC(c1cccc(NC(=O)c2ccccc2)c1)N1CCNCC1. The number of anilines is 1. The van der Waals surface area contributed by atoms with E-state index in [0.29, 0.717) is 11.6 Å². The minimum atomic E-state index is -0.0717. The lowest BCUT2D eigenvalue weighted by atomic mass is 10.1. The second-order valence-corrected chi connectivity index (χ2v) is 5.91. The van der Waals surface area contributed by atoms with Gasteiger partial charge in [-0.1, -0.05) is 30.3 Å². The largest absolute Gasteiger partial charge is 0.322 e. The number of hydrogen-bond acceptors (Lipinski definition) is 3. The molecule has 1 aliphatic rings. The van der Waals surface area contributed by atoms with Crippen LogP contribution in [-0.2, 0) is 0 Å². The predicted molar refractivity (Wildman–Crippen MR) is 93.7 cm³/mol. The quantitative estimate of drug-likeness (QED) is 0.913. The summed E-state index contributed by atoms with van der Waals surface area (Å²) in [5.41, 5.74) is 2.75. The van der Waals surface area contributed by atoms with E-state index < -0.39 is 0 Å². The number of carbonyl (C=O) groups is 1. The van der Waals surface area contributed by atoms with Crippen molar-refractivity contribution in [3.63, 3.8) is 0 Å². The Bertz CT molecular complexity index is 651. The molecule has 2 N–H and O–H groups in total. The summed E-state index contributed by atoms with van der Waals surface area (Å²) < 4.78 is 0. The number of carbonyl (C=O) groups excluding carboxylic acids is 1. The molecule has 1 heterocycles. The lowest BCUT2D eigenvalue weighted by Gasteiger charge is -2.33.